The maximum absolute atomic E-state index is 9.43. The Morgan fingerprint density at radius 1 is 1.41 bits per heavy atom. The first-order chi connectivity index (χ1) is 7.98. The molecule has 1 fully saturated rings. The van der Waals surface area contributed by atoms with E-state index in [-0.39, 0.29) is 0 Å². The lowest BCUT2D eigenvalue weighted by molar-refractivity contribution is 0.194. The third kappa shape index (κ3) is 2.97. The second kappa shape index (κ2) is 4.65. The van der Waals surface area contributed by atoms with Crippen molar-refractivity contribution < 1.29 is 5.11 Å². The second-order valence-electron chi connectivity index (χ2n) is 5.81. The van der Waals surface area contributed by atoms with Crippen molar-refractivity contribution in [2.75, 3.05) is 18.0 Å². The number of hydrogen-bond acceptors (Lipinski definition) is 3. The highest BCUT2D eigenvalue weighted by Gasteiger charge is 2.26. The summed E-state index contributed by atoms with van der Waals surface area (Å²) in [5.74, 6) is 0. The molecule has 1 aromatic rings. The van der Waals surface area contributed by atoms with Crippen LogP contribution >= 0.6 is 0 Å². The molecule has 2 rings (SSSR count). The highest BCUT2D eigenvalue weighted by Crippen LogP contribution is 2.31. The Labute approximate surface area is 103 Å². The zero-order chi connectivity index (χ0) is 12.5. The predicted molar refractivity (Wildman–Crippen MR) is 70.1 cm³/mol. The van der Waals surface area contributed by atoms with Gasteiger partial charge in [0.05, 0.1) is 23.7 Å². The molecule has 0 unspecified atom stereocenters. The summed E-state index contributed by atoms with van der Waals surface area (Å²) in [6, 6.07) is 3.98. The van der Waals surface area contributed by atoms with E-state index in [4.69, 9.17) is 0 Å². The van der Waals surface area contributed by atoms with Crippen molar-refractivity contribution in [2.45, 2.75) is 39.7 Å². The van der Waals surface area contributed by atoms with Crippen LogP contribution in [0.1, 0.15) is 45.4 Å². The quantitative estimate of drug-likeness (QED) is 0.854. The standard InChI is InChI=1S/C14H22N2O/c1-11(17)13-6-5-12(9-15-13)16-8-4-7-14(2,3)10-16/h5-6,9,11,17H,4,7-8,10H2,1-3H3/t11-/m1/s1. The Morgan fingerprint density at radius 3 is 2.71 bits per heavy atom. The van der Waals surface area contributed by atoms with E-state index in [1.807, 2.05) is 12.3 Å². The first kappa shape index (κ1) is 12.4. The molecule has 2 heterocycles. The largest absolute Gasteiger partial charge is 0.387 e. The van der Waals surface area contributed by atoms with Crippen molar-refractivity contribution in [1.29, 1.82) is 0 Å². The number of aromatic nitrogens is 1. The predicted octanol–water partition coefficient (Wildman–Crippen LogP) is 2.76. The molecule has 1 aliphatic rings. The van der Waals surface area contributed by atoms with Crippen LogP contribution in [-0.4, -0.2) is 23.2 Å². The van der Waals surface area contributed by atoms with E-state index in [1.54, 1.807) is 6.92 Å². The van der Waals surface area contributed by atoms with Gasteiger partial charge in [-0.05, 0) is 37.3 Å². The first-order valence-electron chi connectivity index (χ1n) is 6.37. The summed E-state index contributed by atoms with van der Waals surface area (Å²) in [4.78, 5) is 6.70. The molecule has 0 saturated carbocycles. The normalized spacial score (nSPS) is 21.3. The molecule has 0 amide bonds. The van der Waals surface area contributed by atoms with E-state index in [9.17, 15) is 5.11 Å². The van der Waals surface area contributed by atoms with E-state index in [0.717, 1.165) is 18.8 Å². The van der Waals surface area contributed by atoms with Crippen LogP contribution in [0.2, 0.25) is 0 Å². The Kier molecular flexibility index (Phi) is 3.38. The van der Waals surface area contributed by atoms with E-state index < -0.39 is 6.10 Å². The highest BCUT2D eigenvalue weighted by molar-refractivity contribution is 5.45. The van der Waals surface area contributed by atoms with Gasteiger partial charge >= 0.3 is 0 Å². The molecular weight excluding hydrogens is 212 g/mol. The molecule has 0 spiro atoms. The van der Waals surface area contributed by atoms with Crippen molar-refractivity contribution in [2.24, 2.45) is 5.41 Å². The number of nitrogens with zero attached hydrogens (tertiary/aromatic N) is 2. The number of hydrogen-bond donors (Lipinski definition) is 1. The van der Waals surface area contributed by atoms with Gasteiger partial charge in [0.15, 0.2) is 0 Å². The number of aliphatic hydroxyl groups is 1. The van der Waals surface area contributed by atoms with Gasteiger partial charge in [-0.3, -0.25) is 4.98 Å². The van der Waals surface area contributed by atoms with E-state index >= 15 is 0 Å². The zero-order valence-corrected chi connectivity index (χ0v) is 11.0. The molecule has 0 aliphatic carbocycles. The number of rotatable bonds is 2. The van der Waals surface area contributed by atoms with Gasteiger partial charge in [0.25, 0.3) is 0 Å². The van der Waals surface area contributed by atoms with Crippen molar-refractivity contribution in [3.05, 3.63) is 24.0 Å². The van der Waals surface area contributed by atoms with Crippen LogP contribution in [0.25, 0.3) is 0 Å². The number of pyridine rings is 1. The maximum Gasteiger partial charge on any atom is 0.0931 e. The highest BCUT2D eigenvalue weighted by atomic mass is 16.3. The van der Waals surface area contributed by atoms with E-state index in [2.05, 4.69) is 29.8 Å². The minimum atomic E-state index is -0.484. The molecule has 17 heavy (non-hydrogen) atoms. The molecule has 0 aromatic carbocycles. The van der Waals surface area contributed by atoms with Crippen LogP contribution < -0.4 is 4.90 Å². The Balaban J connectivity index is 2.12. The van der Waals surface area contributed by atoms with E-state index in [1.165, 1.54) is 18.5 Å². The SMILES string of the molecule is C[C@@H](O)c1ccc(N2CCCC(C)(C)C2)cn1. The molecule has 94 valence electrons. The van der Waals surface area contributed by atoms with Crippen LogP contribution in [0.15, 0.2) is 18.3 Å². The molecule has 0 radical (unpaired) electrons. The summed E-state index contributed by atoms with van der Waals surface area (Å²) in [7, 11) is 0. The summed E-state index contributed by atoms with van der Waals surface area (Å²) in [5, 5.41) is 9.43. The summed E-state index contributed by atoms with van der Waals surface area (Å²) in [5.41, 5.74) is 2.30. The molecule has 3 nitrogen and oxygen atoms in total. The zero-order valence-electron chi connectivity index (χ0n) is 11.0. The van der Waals surface area contributed by atoms with Crippen molar-refractivity contribution in [3.63, 3.8) is 0 Å². The van der Waals surface area contributed by atoms with Gasteiger partial charge in [-0.25, -0.2) is 0 Å². The van der Waals surface area contributed by atoms with Gasteiger partial charge in [-0.2, -0.15) is 0 Å². The molecular formula is C14H22N2O. The monoisotopic (exact) mass is 234 g/mol. The Morgan fingerprint density at radius 2 is 2.18 bits per heavy atom. The lowest BCUT2D eigenvalue weighted by Gasteiger charge is -2.39. The van der Waals surface area contributed by atoms with Crippen LogP contribution in [0.3, 0.4) is 0 Å². The lowest BCUT2D eigenvalue weighted by Crippen LogP contribution is -2.40. The smallest absolute Gasteiger partial charge is 0.0931 e. The molecule has 1 aromatic heterocycles. The second-order valence-corrected chi connectivity index (χ2v) is 5.81. The van der Waals surface area contributed by atoms with Gasteiger partial charge < -0.3 is 10.0 Å². The van der Waals surface area contributed by atoms with E-state index in [0.29, 0.717) is 5.41 Å². The van der Waals surface area contributed by atoms with Crippen molar-refractivity contribution >= 4 is 5.69 Å². The summed E-state index contributed by atoms with van der Waals surface area (Å²) < 4.78 is 0. The molecule has 0 bridgehead atoms. The Hall–Kier alpha value is -1.09. The van der Waals surface area contributed by atoms with Crippen LogP contribution in [0.4, 0.5) is 5.69 Å². The fourth-order valence-corrected chi connectivity index (χ4v) is 2.48. The fraction of sp³-hybridized carbons (Fsp3) is 0.643. The Bertz CT molecular complexity index is 370. The van der Waals surface area contributed by atoms with Gasteiger partial charge in [0.1, 0.15) is 0 Å². The van der Waals surface area contributed by atoms with Crippen LogP contribution in [0.5, 0.6) is 0 Å². The molecule has 1 atom stereocenters. The molecule has 1 N–H and O–H groups in total. The summed E-state index contributed by atoms with van der Waals surface area (Å²) >= 11 is 0. The molecule has 3 heteroatoms. The summed E-state index contributed by atoms with van der Waals surface area (Å²) in [6.45, 7) is 8.57. The topological polar surface area (TPSA) is 36.4 Å². The fourth-order valence-electron chi connectivity index (χ4n) is 2.48. The van der Waals surface area contributed by atoms with Gasteiger partial charge in [-0.15, -0.1) is 0 Å². The molecule has 1 saturated heterocycles. The minimum absolute atomic E-state index is 0.390. The van der Waals surface area contributed by atoms with Crippen molar-refractivity contribution in [1.82, 2.24) is 4.98 Å². The number of aliphatic hydroxyl groups excluding tert-OH is 1. The number of piperidine rings is 1. The lowest BCUT2D eigenvalue weighted by atomic mass is 9.84. The first-order valence-corrected chi connectivity index (χ1v) is 6.37. The van der Waals surface area contributed by atoms with Crippen molar-refractivity contribution in [3.8, 4) is 0 Å². The van der Waals surface area contributed by atoms with Crippen LogP contribution in [0, 0.1) is 5.41 Å². The van der Waals surface area contributed by atoms with Gasteiger partial charge in [0, 0.05) is 13.1 Å². The molecule has 1 aliphatic heterocycles. The average molecular weight is 234 g/mol. The maximum atomic E-state index is 9.43. The third-order valence-corrected chi connectivity index (χ3v) is 3.46. The third-order valence-electron chi connectivity index (χ3n) is 3.46. The number of anilines is 1. The summed E-state index contributed by atoms with van der Waals surface area (Å²) in [6.07, 6.45) is 3.93. The van der Waals surface area contributed by atoms with Crippen LogP contribution in [-0.2, 0) is 0 Å². The van der Waals surface area contributed by atoms with Gasteiger partial charge in [-0.1, -0.05) is 13.8 Å². The van der Waals surface area contributed by atoms with Gasteiger partial charge in [0.2, 0.25) is 0 Å². The average Bonchev–Trinajstić information content (AvgIpc) is 2.28. The minimum Gasteiger partial charge on any atom is -0.387 e.